The third kappa shape index (κ3) is 5.73. The second kappa shape index (κ2) is 9.36. The van der Waals surface area contributed by atoms with Gasteiger partial charge in [0.15, 0.2) is 5.78 Å². The minimum Gasteiger partial charge on any atom is -0.497 e. The van der Waals surface area contributed by atoms with Crippen LogP contribution in [0, 0.1) is 0 Å². The molecule has 2 aromatic rings. The molecular formula is C20H21NO5. The number of nitrogens with one attached hydrogen (secondary N) is 1. The summed E-state index contributed by atoms with van der Waals surface area (Å²) in [6, 6.07) is 14.6. The SMILES string of the molecule is COc1ccc(C(=O)CCC(=O)N[C@H](Cc2ccccc2)C(=O)O)cc1. The number of amides is 1. The summed E-state index contributed by atoms with van der Waals surface area (Å²) >= 11 is 0. The first-order chi connectivity index (χ1) is 12.5. The molecule has 0 aliphatic heterocycles. The minimum absolute atomic E-state index is 0.00976. The summed E-state index contributed by atoms with van der Waals surface area (Å²) in [6.07, 6.45) is 0.133. The van der Waals surface area contributed by atoms with Gasteiger partial charge in [-0.05, 0) is 29.8 Å². The lowest BCUT2D eigenvalue weighted by atomic mass is 10.0. The lowest BCUT2D eigenvalue weighted by molar-refractivity contribution is -0.141. The molecule has 0 spiro atoms. The summed E-state index contributed by atoms with van der Waals surface area (Å²) in [5.74, 6) is -1.11. The van der Waals surface area contributed by atoms with Gasteiger partial charge >= 0.3 is 5.97 Å². The first kappa shape index (κ1) is 19.2. The smallest absolute Gasteiger partial charge is 0.326 e. The molecule has 0 radical (unpaired) electrons. The number of ketones is 1. The molecule has 0 bridgehead atoms. The molecule has 0 unspecified atom stereocenters. The molecule has 2 rings (SSSR count). The molecule has 0 saturated heterocycles. The molecule has 136 valence electrons. The summed E-state index contributed by atoms with van der Waals surface area (Å²) in [4.78, 5) is 35.5. The molecular weight excluding hydrogens is 334 g/mol. The molecule has 26 heavy (non-hydrogen) atoms. The van der Waals surface area contributed by atoms with E-state index in [-0.39, 0.29) is 25.0 Å². The van der Waals surface area contributed by atoms with Gasteiger partial charge in [0, 0.05) is 24.8 Å². The van der Waals surface area contributed by atoms with E-state index in [2.05, 4.69) is 5.32 Å². The van der Waals surface area contributed by atoms with E-state index in [0.29, 0.717) is 11.3 Å². The minimum atomic E-state index is -1.11. The fourth-order valence-corrected chi connectivity index (χ4v) is 2.46. The number of rotatable bonds is 9. The van der Waals surface area contributed by atoms with Gasteiger partial charge in [0.2, 0.25) is 5.91 Å². The van der Waals surface area contributed by atoms with Crippen LogP contribution >= 0.6 is 0 Å². The molecule has 0 aromatic heterocycles. The van der Waals surface area contributed by atoms with Crippen molar-refractivity contribution >= 4 is 17.7 Å². The molecule has 2 aromatic carbocycles. The summed E-state index contributed by atoms with van der Waals surface area (Å²) in [5.41, 5.74) is 1.30. The number of aliphatic carboxylic acids is 1. The van der Waals surface area contributed by atoms with E-state index < -0.39 is 17.9 Å². The fraction of sp³-hybridized carbons (Fsp3) is 0.250. The van der Waals surface area contributed by atoms with Crippen LogP contribution in [0.25, 0.3) is 0 Å². The fourth-order valence-electron chi connectivity index (χ4n) is 2.46. The number of ether oxygens (including phenoxy) is 1. The van der Waals surface area contributed by atoms with E-state index in [1.165, 1.54) is 7.11 Å². The Bertz CT molecular complexity index is 756. The van der Waals surface area contributed by atoms with E-state index in [4.69, 9.17) is 4.74 Å². The number of carboxylic acid groups (broad SMARTS) is 1. The summed E-state index contributed by atoms with van der Waals surface area (Å²) in [7, 11) is 1.54. The third-order valence-corrected chi connectivity index (χ3v) is 3.91. The zero-order chi connectivity index (χ0) is 18.9. The highest BCUT2D eigenvalue weighted by Gasteiger charge is 2.20. The van der Waals surface area contributed by atoms with Gasteiger partial charge in [-0.2, -0.15) is 0 Å². The zero-order valence-corrected chi connectivity index (χ0v) is 14.5. The molecule has 1 amide bonds. The Morgan fingerprint density at radius 1 is 1.00 bits per heavy atom. The van der Waals surface area contributed by atoms with Crippen molar-refractivity contribution in [3.63, 3.8) is 0 Å². The van der Waals surface area contributed by atoms with Crippen LogP contribution in [0.1, 0.15) is 28.8 Å². The van der Waals surface area contributed by atoms with Crippen molar-refractivity contribution in [1.29, 1.82) is 0 Å². The van der Waals surface area contributed by atoms with E-state index >= 15 is 0 Å². The second-order valence-electron chi connectivity index (χ2n) is 5.80. The molecule has 0 fully saturated rings. The Kier molecular flexibility index (Phi) is 6.91. The van der Waals surface area contributed by atoms with Gasteiger partial charge in [0.1, 0.15) is 11.8 Å². The largest absolute Gasteiger partial charge is 0.497 e. The van der Waals surface area contributed by atoms with E-state index in [1.807, 2.05) is 18.2 Å². The number of benzene rings is 2. The second-order valence-corrected chi connectivity index (χ2v) is 5.80. The monoisotopic (exact) mass is 355 g/mol. The van der Waals surface area contributed by atoms with Crippen LogP contribution in [0.2, 0.25) is 0 Å². The number of hydrogen-bond acceptors (Lipinski definition) is 4. The highest BCUT2D eigenvalue weighted by molar-refractivity contribution is 5.98. The Hall–Kier alpha value is -3.15. The molecule has 1 atom stereocenters. The number of carboxylic acids is 1. The van der Waals surface area contributed by atoms with Gasteiger partial charge in [-0.15, -0.1) is 0 Å². The van der Waals surface area contributed by atoms with Gasteiger partial charge in [-0.3, -0.25) is 9.59 Å². The van der Waals surface area contributed by atoms with Crippen molar-refractivity contribution in [3.8, 4) is 5.75 Å². The number of methoxy groups -OCH3 is 1. The third-order valence-electron chi connectivity index (χ3n) is 3.91. The Morgan fingerprint density at radius 3 is 2.23 bits per heavy atom. The molecule has 0 heterocycles. The van der Waals surface area contributed by atoms with E-state index in [0.717, 1.165) is 5.56 Å². The maximum atomic E-state index is 12.1. The normalized spacial score (nSPS) is 11.4. The number of carbonyl (C=O) groups excluding carboxylic acids is 2. The molecule has 0 saturated carbocycles. The number of hydrogen-bond donors (Lipinski definition) is 2. The van der Waals surface area contributed by atoms with E-state index in [9.17, 15) is 19.5 Å². The molecule has 0 aliphatic carbocycles. The van der Waals surface area contributed by atoms with Crippen molar-refractivity contribution in [2.75, 3.05) is 7.11 Å². The van der Waals surface area contributed by atoms with Gasteiger partial charge in [-0.1, -0.05) is 30.3 Å². The average molecular weight is 355 g/mol. The molecule has 2 N–H and O–H groups in total. The quantitative estimate of drug-likeness (QED) is 0.674. The van der Waals surface area contributed by atoms with Gasteiger partial charge < -0.3 is 15.2 Å². The molecule has 6 nitrogen and oxygen atoms in total. The Balaban J connectivity index is 1.87. The predicted octanol–water partition coefficient (Wildman–Crippen LogP) is 2.47. The van der Waals surface area contributed by atoms with Gasteiger partial charge in [-0.25, -0.2) is 4.79 Å². The van der Waals surface area contributed by atoms with Gasteiger partial charge in [0.25, 0.3) is 0 Å². The summed E-state index contributed by atoms with van der Waals surface area (Å²) in [5, 5.41) is 11.8. The van der Waals surface area contributed by atoms with Crippen LogP contribution in [0.5, 0.6) is 5.75 Å². The van der Waals surface area contributed by atoms with Crippen LogP contribution in [0.3, 0.4) is 0 Å². The number of carbonyl (C=O) groups is 3. The standard InChI is InChI=1S/C20H21NO5/c1-26-16-9-7-15(8-10-16)18(22)11-12-19(23)21-17(20(24)25)13-14-5-3-2-4-6-14/h2-10,17H,11-13H2,1H3,(H,21,23)(H,24,25)/t17-/m1/s1. The lowest BCUT2D eigenvalue weighted by Crippen LogP contribution is -2.42. The average Bonchev–Trinajstić information content (AvgIpc) is 2.66. The summed E-state index contributed by atoms with van der Waals surface area (Å²) in [6.45, 7) is 0. The van der Waals surface area contributed by atoms with Crippen molar-refractivity contribution in [2.24, 2.45) is 0 Å². The highest BCUT2D eigenvalue weighted by Crippen LogP contribution is 2.13. The topological polar surface area (TPSA) is 92.7 Å². The first-order valence-electron chi connectivity index (χ1n) is 8.23. The van der Waals surface area contributed by atoms with Crippen LogP contribution < -0.4 is 10.1 Å². The molecule has 6 heteroatoms. The molecule has 0 aliphatic rings. The van der Waals surface area contributed by atoms with Crippen molar-refractivity contribution in [1.82, 2.24) is 5.32 Å². The van der Waals surface area contributed by atoms with Crippen LogP contribution in [-0.4, -0.2) is 35.9 Å². The van der Waals surface area contributed by atoms with Gasteiger partial charge in [0.05, 0.1) is 7.11 Å². The van der Waals surface area contributed by atoms with E-state index in [1.54, 1.807) is 36.4 Å². The zero-order valence-electron chi connectivity index (χ0n) is 14.5. The predicted molar refractivity (Wildman–Crippen MR) is 96.3 cm³/mol. The summed E-state index contributed by atoms with van der Waals surface area (Å²) < 4.78 is 5.03. The number of Topliss-reactive ketones (excluding diaryl/α,β-unsaturated/α-hetero) is 1. The van der Waals surface area contributed by atoms with Crippen LogP contribution in [0.15, 0.2) is 54.6 Å². The first-order valence-corrected chi connectivity index (χ1v) is 8.23. The van der Waals surface area contributed by atoms with Crippen LogP contribution in [0.4, 0.5) is 0 Å². The lowest BCUT2D eigenvalue weighted by Gasteiger charge is -2.14. The maximum Gasteiger partial charge on any atom is 0.326 e. The van der Waals surface area contributed by atoms with Crippen molar-refractivity contribution in [2.45, 2.75) is 25.3 Å². The van der Waals surface area contributed by atoms with Crippen LogP contribution in [-0.2, 0) is 16.0 Å². The Morgan fingerprint density at radius 2 is 1.65 bits per heavy atom. The Labute approximate surface area is 151 Å². The van der Waals surface area contributed by atoms with Crippen molar-refractivity contribution < 1.29 is 24.2 Å². The van der Waals surface area contributed by atoms with Crippen molar-refractivity contribution in [3.05, 3.63) is 65.7 Å². The maximum absolute atomic E-state index is 12.1. The highest BCUT2D eigenvalue weighted by atomic mass is 16.5.